The van der Waals surface area contributed by atoms with E-state index < -0.39 is 0 Å². The number of Topliss-reactive ketones (excluding diaryl/α,β-unsaturated/α-hetero) is 1. The van der Waals surface area contributed by atoms with Crippen LogP contribution in [0.3, 0.4) is 0 Å². The number of rotatable bonds is 8. The Balaban J connectivity index is 2.40. The zero-order valence-corrected chi connectivity index (χ0v) is 11.0. The van der Waals surface area contributed by atoms with Gasteiger partial charge < -0.3 is 5.73 Å². The Kier molecular flexibility index (Phi) is 6.58. The topological polar surface area (TPSA) is 43.1 Å². The summed E-state index contributed by atoms with van der Waals surface area (Å²) in [4.78, 5) is 11.8. The molecule has 2 N–H and O–H groups in total. The van der Waals surface area contributed by atoms with Crippen molar-refractivity contribution < 1.29 is 9.18 Å². The fraction of sp³-hybridized carbons (Fsp3) is 0.533. The van der Waals surface area contributed by atoms with E-state index in [1.165, 1.54) is 6.07 Å². The minimum atomic E-state index is -0.292. The normalized spacial score (nSPS) is 12.4. The summed E-state index contributed by atoms with van der Waals surface area (Å²) in [6.07, 6.45) is 3.59. The molecule has 0 aliphatic carbocycles. The third kappa shape index (κ3) is 4.96. The van der Waals surface area contributed by atoms with Gasteiger partial charge in [-0.3, -0.25) is 4.79 Å². The van der Waals surface area contributed by atoms with Crippen LogP contribution in [0.1, 0.15) is 38.2 Å². The van der Waals surface area contributed by atoms with E-state index in [9.17, 15) is 9.18 Å². The predicted molar refractivity (Wildman–Crippen MR) is 71.8 cm³/mol. The first-order valence-corrected chi connectivity index (χ1v) is 6.62. The molecule has 2 nitrogen and oxygen atoms in total. The van der Waals surface area contributed by atoms with Gasteiger partial charge >= 0.3 is 0 Å². The highest BCUT2D eigenvalue weighted by Gasteiger charge is 2.11. The van der Waals surface area contributed by atoms with Gasteiger partial charge in [-0.05, 0) is 36.9 Å². The number of halogens is 1. The van der Waals surface area contributed by atoms with E-state index in [2.05, 4.69) is 6.92 Å². The zero-order valence-electron chi connectivity index (χ0n) is 11.0. The van der Waals surface area contributed by atoms with Crippen LogP contribution in [0.15, 0.2) is 24.3 Å². The Bertz CT molecular complexity index is 379. The maximum atomic E-state index is 13.4. The maximum absolute atomic E-state index is 13.4. The summed E-state index contributed by atoms with van der Waals surface area (Å²) < 4.78 is 13.4. The van der Waals surface area contributed by atoms with E-state index in [4.69, 9.17) is 5.73 Å². The minimum Gasteiger partial charge on any atom is -0.330 e. The molecule has 0 aliphatic heterocycles. The molecule has 1 aromatic carbocycles. The highest BCUT2D eigenvalue weighted by molar-refractivity contribution is 5.80. The first kappa shape index (κ1) is 14.8. The van der Waals surface area contributed by atoms with Gasteiger partial charge in [0.05, 0.1) is 0 Å². The van der Waals surface area contributed by atoms with Gasteiger partial charge in [0.15, 0.2) is 0 Å². The number of nitrogens with two attached hydrogens (primary N) is 1. The molecule has 1 rings (SSSR count). The smallest absolute Gasteiger partial charge is 0.137 e. The SMILES string of the molecule is CCC(CCN)CCC(=O)Cc1ccccc1F. The van der Waals surface area contributed by atoms with E-state index in [1.807, 2.05) is 0 Å². The van der Waals surface area contributed by atoms with Crippen molar-refractivity contribution in [3.8, 4) is 0 Å². The third-order valence-electron chi connectivity index (χ3n) is 3.33. The fourth-order valence-corrected chi connectivity index (χ4v) is 2.10. The number of carbonyl (C=O) groups is 1. The molecule has 18 heavy (non-hydrogen) atoms. The number of benzene rings is 1. The average Bonchev–Trinajstić information content (AvgIpc) is 2.37. The molecule has 3 heteroatoms. The number of hydrogen-bond donors (Lipinski definition) is 1. The molecule has 0 amide bonds. The van der Waals surface area contributed by atoms with Crippen LogP contribution in [-0.4, -0.2) is 12.3 Å². The largest absolute Gasteiger partial charge is 0.330 e. The molecular formula is C15H22FNO. The maximum Gasteiger partial charge on any atom is 0.137 e. The molecule has 1 unspecified atom stereocenters. The molecule has 0 aliphatic rings. The van der Waals surface area contributed by atoms with Gasteiger partial charge in [0.1, 0.15) is 11.6 Å². The number of hydrogen-bond acceptors (Lipinski definition) is 2. The van der Waals surface area contributed by atoms with Crippen molar-refractivity contribution in [2.24, 2.45) is 11.7 Å². The number of carbonyl (C=O) groups excluding carboxylic acids is 1. The molecule has 1 atom stereocenters. The van der Waals surface area contributed by atoms with Gasteiger partial charge in [0.25, 0.3) is 0 Å². The lowest BCUT2D eigenvalue weighted by Gasteiger charge is -2.12. The molecule has 0 radical (unpaired) electrons. The van der Waals surface area contributed by atoms with Crippen LogP contribution in [0.25, 0.3) is 0 Å². The standard InChI is InChI=1S/C15H22FNO/c1-2-12(9-10-17)7-8-14(18)11-13-5-3-4-6-15(13)16/h3-6,12H,2,7-11,17H2,1H3. The van der Waals surface area contributed by atoms with Gasteiger partial charge in [-0.25, -0.2) is 4.39 Å². The second kappa shape index (κ2) is 7.98. The van der Waals surface area contributed by atoms with Crippen LogP contribution in [0.2, 0.25) is 0 Å². The Morgan fingerprint density at radius 3 is 2.67 bits per heavy atom. The Morgan fingerprint density at radius 1 is 1.33 bits per heavy atom. The predicted octanol–water partition coefficient (Wildman–Crippen LogP) is 3.09. The quantitative estimate of drug-likeness (QED) is 0.771. The van der Waals surface area contributed by atoms with Gasteiger partial charge in [0.2, 0.25) is 0 Å². The van der Waals surface area contributed by atoms with Crippen molar-refractivity contribution >= 4 is 5.78 Å². The Morgan fingerprint density at radius 2 is 2.06 bits per heavy atom. The van der Waals surface area contributed by atoms with Crippen molar-refractivity contribution in [2.75, 3.05) is 6.54 Å². The molecule has 0 aromatic heterocycles. The molecule has 0 saturated heterocycles. The average molecular weight is 251 g/mol. The van der Waals surface area contributed by atoms with Crippen LogP contribution in [-0.2, 0) is 11.2 Å². The summed E-state index contributed by atoms with van der Waals surface area (Å²) in [6.45, 7) is 2.78. The molecule has 0 fully saturated rings. The summed E-state index contributed by atoms with van der Waals surface area (Å²) >= 11 is 0. The second-order valence-electron chi connectivity index (χ2n) is 4.70. The van der Waals surface area contributed by atoms with Crippen molar-refractivity contribution in [1.82, 2.24) is 0 Å². The van der Waals surface area contributed by atoms with Crippen LogP contribution >= 0.6 is 0 Å². The van der Waals surface area contributed by atoms with Crippen molar-refractivity contribution in [2.45, 2.75) is 39.0 Å². The molecule has 100 valence electrons. The van der Waals surface area contributed by atoms with Gasteiger partial charge in [-0.1, -0.05) is 31.5 Å². The molecule has 0 heterocycles. The van der Waals surface area contributed by atoms with Crippen molar-refractivity contribution in [1.29, 1.82) is 0 Å². The van der Waals surface area contributed by atoms with Gasteiger partial charge in [-0.2, -0.15) is 0 Å². The van der Waals surface area contributed by atoms with Crippen LogP contribution in [0.5, 0.6) is 0 Å². The molecule has 0 saturated carbocycles. The third-order valence-corrected chi connectivity index (χ3v) is 3.33. The van der Waals surface area contributed by atoms with Crippen LogP contribution < -0.4 is 5.73 Å². The minimum absolute atomic E-state index is 0.107. The van der Waals surface area contributed by atoms with E-state index in [1.54, 1.807) is 18.2 Å². The van der Waals surface area contributed by atoms with Gasteiger partial charge in [-0.15, -0.1) is 0 Å². The van der Waals surface area contributed by atoms with Crippen molar-refractivity contribution in [3.63, 3.8) is 0 Å². The van der Waals surface area contributed by atoms with E-state index in [-0.39, 0.29) is 18.0 Å². The van der Waals surface area contributed by atoms with Crippen LogP contribution in [0, 0.1) is 11.7 Å². The number of ketones is 1. The summed E-state index contributed by atoms with van der Waals surface area (Å²) in [6, 6.07) is 6.46. The van der Waals surface area contributed by atoms with E-state index in [0.29, 0.717) is 24.4 Å². The molecule has 0 bridgehead atoms. The van der Waals surface area contributed by atoms with E-state index in [0.717, 1.165) is 19.3 Å². The molecule has 1 aromatic rings. The fourth-order valence-electron chi connectivity index (χ4n) is 2.10. The lowest BCUT2D eigenvalue weighted by Crippen LogP contribution is -2.11. The summed E-state index contributed by atoms with van der Waals surface area (Å²) in [5.74, 6) is 0.329. The molecule has 0 spiro atoms. The lowest BCUT2D eigenvalue weighted by atomic mass is 9.94. The second-order valence-corrected chi connectivity index (χ2v) is 4.70. The summed E-state index contributed by atoms with van der Waals surface area (Å²) in [5.41, 5.74) is 6.02. The highest BCUT2D eigenvalue weighted by Crippen LogP contribution is 2.16. The Hall–Kier alpha value is -1.22. The molecular weight excluding hydrogens is 229 g/mol. The van der Waals surface area contributed by atoms with Crippen LogP contribution in [0.4, 0.5) is 4.39 Å². The Labute approximate surface area is 108 Å². The summed E-state index contributed by atoms with van der Waals surface area (Å²) in [7, 11) is 0. The summed E-state index contributed by atoms with van der Waals surface area (Å²) in [5, 5.41) is 0. The van der Waals surface area contributed by atoms with Gasteiger partial charge in [0, 0.05) is 12.8 Å². The van der Waals surface area contributed by atoms with Crippen molar-refractivity contribution in [3.05, 3.63) is 35.6 Å². The lowest BCUT2D eigenvalue weighted by molar-refractivity contribution is -0.118. The first-order valence-electron chi connectivity index (χ1n) is 6.62. The highest BCUT2D eigenvalue weighted by atomic mass is 19.1. The first-order chi connectivity index (χ1) is 8.67. The monoisotopic (exact) mass is 251 g/mol. The zero-order chi connectivity index (χ0) is 13.4. The van der Waals surface area contributed by atoms with E-state index >= 15 is 0 Å².